The minimum Gasteiger partial charge on any atom is -0.356 e. The Morgan fingerprint density at radius 2 is 2.08 bits per heavy atom. The highest BCUT2D eigenvalue weighted by Gasteiger charge is 2.24. The van der Waals surface area contributed by atoms with Crippen LogP contribution in [0.5, 0.6) is 0 Å². The smallest absolute Gasteiger partial charge is 0.225 e. The molecule has 1 amide bonds. The Kier molecular flexibility index (Phi) is 6.19. The Morgan fingerprint density at radius 1 is 1.33 bits per heavy atom. The van der Waals surface area contributed by atoms with Gasteiger partial charge in [-0.25, -0.2) is 8.42 Å². The monoisotopic (exact) mass is 352 g/mol. The molecule has 1 aromatic rings. The van der Waals surface area contributed by atoms with Crippen molar-refractivity contribution in [2.75, 3.05) is 37.5 Å². The maximum atomic E-state index is 11.8. The fourth-order valence-corrected chi connectivity index (χ4v) is 3.33. The molecule has 8 heteroatoms. The molecule has 3 N–H and O–H groups in total. The zero-order valence-corrected chi connectivity index (χ0v) is 14.8. The Bertz CT molecular complexity index is 716. The van der Waals surface area contributed by atoms with Crippen molar-refractivity contribution in [3.63, 3.8) is 0 Å². The fraction of sp³-hybridized carbons (Fsp3) is 0.500. The molecule has 1 aliphatic heterocycles. The summed E-state index contributed by atoms with van der Waals surface area (Å²) in [5, 5.41) is 9.18. The number of nitrogens with one attached hydrogen (secondary N) is 3. The van der Waals surface area contributed by atoms with Crippen LogP contribution in [0.25, 0.3) is 0 Å². The molecule has 0 saturated carbocycles. The number of benzene rings is 1. The molecule has 1 atom stereocenters. The summed E-state index contributed by atoms with van der Waals surface area (Å²) in [6.45, 7) is 1.10. The first-order chi connectivity index (χ1) is 11.4. The number of nitrogens with zero attached hydrogens (tertiary/aromatic N) is 1. The molecule has 0 aliphatic carbocycles. The van der Waals surface area contributed by atoms with Crippen LogP contribution in [0, 0.1) is 0 Å². The summed E-state index contributed by atoms with van der Waals surface area (Å²) in [5.74, 6) is 0.834. The molecule has 0 saturated heterocycles. The average Bonchev–Trinajstić information content (AvgIpc) is 2.52. The highest BCUT2D eigenvalue weighted by molar-refractivity contribution is 7.90. The van der Waals surface area contributed by atoms with Crippen molar-refractivity contribution in [2.45, 2.75) is 18.8 Å². The Labute approximate surface area is 142 Å². The number of anilines is 1. The van der Waals surface area contributed by atoms with Gasteiger partial charge in [0.15, 0.2) is 5.96 Å². The molecule has 0 spiro atoms. The number of carbonyl (C=O) groups is 1. The number of guanidine groups is 1. The zero-order chi connectivity index (χ0) is 17.6. The second-order valence-electron chi connectivity index (χ2n) is 5.90. The lowest BCUT2D eigenvalue weighted by atomic mass is 9.90. The number of amides is 1. The highest BCUT2D eigenvalue weighted by atomic mass is 32.2. The van der Waals surface area contributed by atoms with Crippen LogP contribution < -0.4 is 16.0 Å². The molecule has 24 heavy (non-hydrogen) atoms. The summed E-state index contributed by atoms with van der Waals surface area (Å²) in [4.78, 5) is 15.9. The number of para-hydroxylation sites is 1. The van der Waals surface area contributed by atoms with Crippen LogP contribution in [0.15, 0.2) is 29.3 Å². The minimum absolute atomic E-state index is 0.0107. The summed E-state index contributed by atoms with van der Waals surface area (Å²) in [5.41, 5.74) is 1.97. The molecule has 0 aromatic heterocycles. The molecule has 0 bridgehead atoms. The lowest BCUT2D eigenvalue weighted by Crippen LogP contribution is -2.41. The Balaban J connectivity index is 1.86. The van der Waals surface area contributed by atoms with E-state index in [2.05, 4.69) is 20.9 Å². The summed E-state index contributed by atoms with van der Waals surface area (Å²) < 4.78 is 22.2. The van der Waals surface area contributed by atoms with Crippen LogP contribution in [0.2, 0.25) is 0 Å². The second kappa shape index (κ2) is 8.14. The normalized spacial score (nSPS) is 17.8. The van der Waals surface area contributed by atoms with Crippen LogP contribution in [-0.2, 0) is 14.6 Å². The molecule has 132 valence electrons. The molecule has 1 aliphatic rings. The Hall–Kier alpha value is -2.09. The van der Waals surface area contributed by atoms with E-state index in [1.165, 1.54) is 6.26 Å². The molecule has 2 rings (SSSR count). The van der Waals surface area contributed by atoms with Gasteiger partial charge in [-0.1, -0.05) is 18.2 Å². The van der Waals surface area contributed by atoms with Gasteiger partial charge in [-0.3, -0.25) is 9.79 Å². The number of hydrogen-bond acceptors (Lipinski definition) is 4. The van der Waals surface area contributed by atoms with E-state index >= 15 is 0 Å². The van der Waals surface area contributed by atoms with Crippen LogP contribution >= 0.6 is 0 Å². The van der Waals surface area contributed by atoms with Gasteiger partial charge < -0.3 is 16.0 Å². The average molecular weight is 352 g/mol. The molecule has 1 unspecified atom stereocenters. The van der Waals surface area contributed by atoms with Crippen LogP contribution in [0.3, 0.4) is 0 Å². The summed E-state index contributed by atoms with van der Waals surface area (Å²) in [6.07, 6.45) is 2.18. The number of aliphatic imine (C=N–C) groups is 1. The third-order valence-electron chi connectivity index (χ3n) is 3.83. The van der Waals surface area contributed by atoms with Crippen molar-refractivity contribution in [1.82, 2.24) is 10.6 Å². The molecule has 1 heterocycles. The summed E-state index contributed by atoms with van der Waals surface area (Å²) in [6, 6.07) is 7.78. The van der Waals surface area contributed by atoms with Gasteiger partial charge in [0.2, 0.25) is 5.91 Å². The summed E-state index contributed by atoms with van der Waals surface area (Å²) >= 11 is 0. The van der Waals surface area contributed by atoms with E-state index in [1.807, 2.05) is 24.3 Å². The summed E-state index contributed by atoms with van der Waals surface area (Å²) in [7, 11) is -1.28. The minimum atomic E-state index is -2.94. The van der Waals surface area contributed by atoms with Crippen LogP contribution in [0.4, 0.5) is 5.69 Å². The van der Waals surface area contributed by atoms with Gasteiger partial charge in [0, 0.05) is 44.4 Å². The van der Waals surface area contributed by atoms with E-state index in [1.54, 1.807) is 7.05 Å². The Morgan fingerprint density at radius 3 is 2.79 bits per heavy atom. The van der Waals surface area contributed by atoms with Gasteiger partial charge in [0.25, 0.3) is 0 Å². The van der Waals surface area contributed by atoms with Crippen molar-refractivity contribution >= 4 is 27.4 Å². The van der Waals surface area contributed by atoms with Gasteiger partial charge in [-0.2, -0.15) is 0 Å². The highest BCUT2D eigenvalue weighted by Crippen LogP contribution is 2.31. The second-order valence-corrected chi connectivity index (χ2v) is 8.16. The fourth-order valence-electron chi connectivity index (χ4n) is 2.67. The number of rotatable bonds is 6. The number of fused-ring (bicyclic) bond motifs is 1. The van der Waals surface area contributed by atoms with Gasteiger partial charge in [-0.15, -0.1) is 0 Å². The number of sulfone groups is 1. The predicted molar refractivity (Wildman–Crippen MR) is 96.1 cm³/mol. The maximum absolute atomic E-state index is 11.8. The van der Waals surface area contributed by atoms with E-state index in [9.17, 15) is 13.2 Å². The van der Waals surface area contributed by atoms with Crippen LogP contribution in [-0.4, -0.2) is 52.4 Å². The third kappa shape index (κ3) is 5.52. The largest absolute Gasteiger partial charge is 0.356 e. The van der Waals surface area contributed by atoms with Gasteiger partial charge in [-0.05, 0) is 18.1 Å². The van der Waals surface area contributed by atoms with Crippen molar-refractivity contribution < 1.29 is 13.2 Å². The van der Waals surface area contributed by atoms with E-state index < -0.39 is 9.84 Å². The standard InChI is InChI=1S/C16H24N4O3S/c1-17-16(18-8-5-9-24(2,22)23)19-11-12-10-15(21)20-14-7-4-3-6-13(12)14/h3-4,6-7,12H,5,8-11H2,1-2H3,(H,20,21)(H2,17,18,19). The first kappa shape index (κ1) is 18.3. The van der Waals surface area contributed by atoms with E-state index in [4.69, 9.17) is 0 Å². The molecule has 1 aromatic carbocycles. The lowest BCUT2D eigenvalue weighted by Gasteiger charge is -2.26. The first-order valence-corrected chi connectivity index (χ1v) is 9.96. The van der Waals surface area contributed by atoms with Crippen molar-refractivity contribution in [3.05, 3.63) is 29.8 Å². The van der Waals surface area contributed by atoms with Crippen molar-refractivity contribution in [1.29, 1.82) is 0 Å². The predicted octanol–water partition coefficient (Wildman–Crippen LogP) is 0.712. The van der Waals surface area contributed by atoms with Gasteiger partial charge >= 0.3 is 0 Å². The van der Waals surface area contributed by atoms with Crippen molar-refractivity contribution in [2.24, 2.45) is 4.99 Å². The molecular weight excluding hydrogens is 328 g/mol. The topological polar surface area (TPSA) is 99.7 Å². The van der Waals surface area contributed by atoms with Gasteiger partial charge in [0.05, 0.1) is 5.75 Å². The first-order valence-electron chi connectivity index (χ1n) is 7.90. The third-order valence-corrected chi connectivity index (χ3v) is 4.86. The maximum Gasteiger partial charge on any atom is 0.225 e. The molecule has 7 nitrogen and oxygen atoms in total. The van der Waals surface area contributed by atoms with Gasteiger partial charge in [0.1, 0.15) is 9.84 Å². The lowest BCUT2D eigenvalue weighted by molar-refractivity contribution is -0.116. The molecule has 0 fully saturated rings. The van der Waals surface area contributed by atoms with E-state index in [0.717, 1.165) is 11.3 Å². The van der Waals surface area contributed by atoms with Crippen LogP contribution in [0.1, 0.15) is 24.3 Å². The molecule has 0 radical (unpaired) electrons. The van der Waals surface area contributed by atoms with E-state index in [-0.39, 0.29) is 17.6 Å². The quantitative estimate of drug-likeness (QED) is 0.398. The zero-order valence-electron chi connectivity index (χ0n) is 14.0. The number of hydrogen-bond donors (Lipinski definition) is 3. The number of carbonyl (C=O) groups excluding carboxylic acids is 1. The van der Waals surface area contributed by atoms with E-state index in [0.29, 0.717) is 31.9 Å². The SMILES string of the molecule is CN=C(NCCCS(C)(=O)=O)NCC1CC(=O)Nc2ccccc21. The molecular formula is C16H24N4O3S. The van der Waals surface area contributed by atoms with Crippen molar-refractivity contribution in [3.8, 4) is 0 Å².